The first-order chi connectivity index (χ1) is 19.0. The van der Waals surface area contributed by atoms with Crippen molar-refractivity contribution in [1.29, 1.82) is 0 Å². The highest BCUT2D eigenvalue weighted by Gasteiger charge is 2.33. The van der Waals surface area contributed by atoms with E-state index in [1.807, 2.05) is 55.5 Å². The van der Waals surface area contributed by atoms with Gasteiger partial charge in [0.05, 0.1) is 14.2 Å². The zero-order chi connectivity index (χ0) is 26.9. The minimum Gasteiger partial charge on any atom is -0.497 e. The maximum absolute atomic E-state index is 6.39. The maximum atomic E-state index is 6.39. The summed E-state index contributed by atoms with van der Waals surface area (Å²) in [5.74, 6) is 2.54. The monoisotopic (exact) mass is 543 g/mol. The van der Waals surface area contributed by atoms with Crippen LogP contribution < -0.4 is 9.47 Å². The molecule has 4 heterocycles. The molecule has 3 aromatic heterocycles. The van der Waals surface area contributed by atoms with Crippen LogP contribution in [-0.4, -0.2) is 46.1 Å². The van der Waals surface area contributed by atoms with Crippen molar-refractivity contribution in [2.45, 2.75) is 19.5 Å². The Labute approximate surface area is 230 Å². The highest BCUT2D eigenvalue weighted by Crippen LogP contribution is 2.34. The molecule has 39 heavy (non-hydrogen) atoms. The second kappa shape index (κ2) is 10.3. The largest absolute Gasteiger partial charge is 0.497 e. The lowest BCUT2D eigenvalue weighted by Gasteiger charge is -2.35. The predicted octanol–water partition coefficient (Wildman–Crippen LogP) is 5.93. The maximum Gasteiger partial charge on any atom is 0.238 e. The molecule has 9 nitrogen and oxygen atoms in total. The summed E-state index contributed by atoms with van der Waals surface area (Å²) in [4.78, 5) is 16.8. The van der Waals surface area contributed by atoms with Crippen LogP contribution in [0.25, 0.3) is 16.7 Å². The molecule has 1 aliphatic rings. The summed E-state index contributed by atoms with van der Waals surface area (Å²) in [5, 5.41) is 5.88. The molecule has 0 fully saturated rings. The Balaban J connectivity index is 1.42. The van der Waals surface area contributed by atoms with E-state index >= 15 is 0 Å². The first-order valence-electron chi connectivity index (χ1n) is 12.4. The van der Waals surface area contributed by atoms with Gasteiger partial charge in [-0.1, -0.05) is 47.1 Å². The number of methoxy groups -OCH3 is 2. The summed E-state index contributed by atoms with van der Waals surface area (Å²) in [6, 6.07) is 19.7. The number of pyridine rings is 1. The van der Waals surface area contributed by atoms with Crippen molar-refractivity contribution in [3.8, 4) is 17.3 Å². The quantitative estimate of drug-likeness (QED) is 0.251. The van der Waals surface area contributed by atoms with Gasteiger partial charge in [-0.15, -0.1) is 0 Å². The Morgan fingerprint density at radius 2 is 1.90 bits per heavy atom. The number of ether oxygens (including phenoxy) is 2. The van der Waals surface area contributed by atoms with Gasteiger partial charge in [-0.2, -0.15) is 0 Å². The molecule has 0 aliphatic carbocycles. The lowest BCUT2D eigenvalue weighted by molar-refractivity contribution is 0.0500. The van der Waals surface area contributed by atoms with Crippen LogP contribution in [0.3, 0.4) is 0 Å². The van der Waals surface area contributed by atoms with E-state index < -0.39 is 0 Å². The number of furan rings is 1. The highest BCUT2D eigenvalue weighted by atomic mass is 35.5. The summed E-state index contributed by atoms with van der Waals surface area (Å²) in [5.41, 5.74) is 4.30. The fraction of sp³-hybridized carbons (Fsp3) is 0.207. The van der Waals surface area contributed by atoms with E-state index in [-0.39, 0.29) is 6.04 Å². The van der Waals surface area contributed by atoms with Crippen LogP contribution in [0.15, 0.2) is 82.8 Å². The number of nitrogens with zero attached hydrogens (tertiary/aromatic N) is 5. The standard InChI is InChI=1S/C29H26ClN5O4/c1-18-5-4-6-20-13-25(39-27(18)20)24-16-38-33-28(35(24)14-19-7-9-21(36-2)10-8-19)22-11-12-23(29(32-22)37-3)34-15-26(30)31-17-34/h4-13,15,17,24H,14,16H2,1-3H3. The summed E-state index contributed by atoms with van der Waals surface area (Å²) in [7, 11) is 3.23. The second-order valence-electron chi connectivity index (χ2n) is 9.17. The Kier molecular flexibility index (Phi) is 6.58. The molecule has 10 heteroatoms. The summed E-state index contributed by atoms with van der Waals surface area (Å²) in [6.45, 7) is 2.90. The number of amidine groups is 1. The third-order valence-electron chi connectivity index (χ3n) is 6.72. The van der Waals surface area contributed by atoms with Gasteiger partial charge in [-0.25, -0.2) is 9.97 Å². The van der Waals surface area contributed by atoms with E-state index in [4.69, 9.17) is 35.3 Å². The highest BCUT2D eigenvalue weighted by molar-refractivity contribution is 6.29. The zero-order valence-corrected chi connectivity index (χ0v) is 22.4. The van der Waals surface area contributed by atoms with Gasteiger partial charge in [0.2, 0.25) is 5.88 Å². The van der Waals surface area contributed by atoms with Crippen LogP contribution in [0, 0.1) is 6.92 Å². The number of benzene rings is 2. The minimum absolute atomic E-state index is 0.244. The number of para-hydroxylation sites is 1. The number of halogens is 1. The van der Waals surface area contributed by atoms with Crippen LogP contribution >= 0.6 is 11.6 Å². The molecule has 0 saturated carbocycles. The third-order valence-corrected chi connectivity index (χ3v) is 6.92. The molecule has 1 aliphatic heterocycles. The molecule has 5 aromatic rings. The fourth-order valence-electron chi connectivity index (χ4n) is 4.73. The Bertz CT molecular complexity index is 1660. The van der Waals surface area contributed by atoms with Gasteiger partial charge in [0.15, 0.2) is 5.84 Å². The smallest absolute Gasteiger partial charge is 0.238 e. The number of aromatic nitrogens is 3. The lowest BCUT2D eigenvalue weighted by atomic mass is 10.1. The van der Waals surface area contributed by atoms with E-state index in [1.165, 1.54) is 0 Å². The van der Waals surface area contributed by atoms with Gasteiger partial charge >= 0.3 is 0 Å². The van der Waals surface area contributed by atoms with E-state index in [0.717, 1.165) is 33.6 Å². The predicted molar refractivity (Wildman–Crippen MR) is 148 cm³/mol. The number of oxime groups is 1. The average Bonchev–Trinajstić information content (AvgIpc) is 3.60. The van der Waals surface area contributed by atoms with Crippen LogP contribution in [0.4, 0.5) is 0 Å². The van der Waals surface area contributed by atoms with Crippen LogP contribution in [0.1, 0.15) is 28.6 Å². The van der Waals surface area contributed by atoms with Crippen molar-refractivity contribution < 1.29 is 18.7 Å². The topological polar surface area (TPSA) is 87.1 Å². The van der Waals surface area contributed by atoms with Gasteiger partial charge in [0, 0.05) is 18.1 Å². The van der Waals surface area contributed by atoms with E-state index in [0.29, 0.717) is 41.4 Å². The Morgan fingerprint density at radius 3 is 2.62 bits per heavy atom. The first-order valence-corrected chi connectivity index (χ1v) is 12.8. The fourth-order valence-corrected chi connectivity index (χ4v) is 4.88. The van der Waals surface area contributed by atoms with Crippen LogP contribution in [0.5, 0.6) is 11.6 Å². The molecule has 0 N–H and O–H groups in total. The molecular weight excluding hydrogens is 518 g/mol. The van der Waals surface area contributed by atoms with Gasteiger partial charge in [-0.05, 0) is 48.4 Å². The number of imidazole rings is 1. The molecule has 1 unspecified atom stereocenters. The molecular formula is C29H26ClN5O4. The molecule has 6 rings (SSSR count). The number of hydrogen-bond donors (Lipinski definition) is 0. The molecule has 0 saturated heterocycles. The van der Waals surface area contributed by atoms with Crippen molar-refractivity contribution >= 4 is 28.4 Å². The molecule has 0 amide bonds. The zero-order valence-electron chi connectivity index (χ0n) is 21.7. The van der Waals surface area contributed by atoms with Crippen LogP contribution in [-0.2, 0) is 11.4 Å². The van der Waals surface area contributed by atoms with Crippen molar-refractivity contribution in [2.24, 2.45) is 5.16 Å². The van der Waals surface area contributed by atoms with Gasteiger partial charge in [0.1, 0.15) is 52.6 Å². The van der Waals surface area contributed by atoms with Crippen molar-refractivity contribution in [2.75, 3.05) is 20.8 Å². The van der Waals surface area contributed by atoms with Crippen molar-refractivity contribution in [3.05, 3.63) is 101 Å². The third kappa shape index (κ3) is 4.77. The van der Waals surface area contributed by atoms with E-state index in [9.17, 15) is 0 Å². The van der Waals surface area contributed by atoms with Crippen LogP contribution in [0.2, 0.25) is 5.15 Å². The van der Waals surface area contributed by atoms with Crippen molar-refractivity contribution in [3.63, 3.8) is 0 Å². The number of hydrogen-bond acceptors (Lipinski definition) is 8. The molecule has 0 spiro atoms. The Morgan fingerprint density at radius 1 is 1.05 bits per heavy atom. The molecule has 2 aromatic carbocycles. The molecule has 0 radical (unpaired) electrons. The number of aryl methyl sites for hydroxylation is 1. The SMILES string of the molecule is COc1ccc(CN2C(c3ccc(-n4cnc(Cl)c4)c(OC)n3)=NOCC2c2cc3cccc(C)c3o2)cc1. The van der Waals surface area contributed by atoms with Gasteiger partial charge < -0.3 is 23.6 Å². The number of fused-ring (bicyclic) bond motifs is 1. The van der Waals surface area contributed by atoms with Crippen molar-refractivity contribution in [1.82, 2.24) is 19.4 Å². The minimum atomic E-state index is -0.244. The second-order valence-corrected chi connectivity index (χ2v) is 9.56. The number of rotatable bonds is 7. The summed E-state index contributed by atoms with van der Waals surface area (Å²) >= 11 is 6.04. The average molecular weight is 544 g/mol. The molecule has 198 valence electrons. The van der Waals surface area contributed by atoms with E-state index in [1.54, 1.807) is 31.3 Å². The lowest BCUT2D eigenvalue weighted by Crippen LogP contribution is -2.40. The first kappa shape index (κ1) is 24.8. The van der Waals surface area contributed by atoms with E-state index in [2.05, 4.69) is 27.2 Å². The van der Waals surface area contributed by atoms with Gasteiger partial charge in [-0.3, -0.25) is 4.57 Å². The molecule has 0 bridgehead atoms. The summed E-state index contributed by atoms with van der Waals surface area (Å²) < 4.78 is 19.1. The van der Waals surface area contributed by atoms with Gasteiger partial charge in [0.25, 0.3) is 0 Å². The Hall–Kier alpha value is -4.50. The summed E-state index contributed by atoms with van der Waals surface area (Å²) in [6.07, 6.45) is 3.30. The normalized spacial score (nSPS) is 15.2. The molecule has 1 atom stereocenters.